The molecule has 0 radical (unpaired) electrons. The van der Waals surface area contributed by atoms with Crippen LogP contribution < -0.4 is 19.5 Å². The number of hydrogen-bond acceptors (Lipinski definition) is 6. The zero-order valence-electron chi connectivity index (χ0n) is 19.4. The normalized spacial score (nSPS) is 14.9. The fourth-order valence-electron chi connectivity index (χ4n) is 3.26. The molecule has 1 aliphatic heterocycles. The second kappa shape index (κ2) is 11.6. The molecule has 1 saturated heterocycles. The molecule has 3 rings (SSSR count). The van der Waals surface area contributed by atoms with Gasteiger partial charge in [0.15, 0.2) is 11.5 Å². The molecule has 9 heteroatoms. The van der Waals surface area contributed by atoms with Crippen molar-refractivity contribution in [3.63, 3.8) is 0 Å². The summed E-state index contributed by atoms with van der Waals surface area (Å²) in [6.07, 6.45) is 3.08. The van der Waals surface area contributed by atoms with Gasteiger partial charge in [-0.25, -0.2) is 4.79 Å². The van der Waals surface area contributed by atoms with Crippen molar-refractivity contribution in [3.05, 3.63) is 58.1 Å². The van der Waals surface area contributed by atoms with E-state index in [2.05, 4.69) is 5.32 Å². The first kappa shape index (κ1) is 25.1. The highest BCUT2D eigenvalue weighted by Gasteiger charge is 2.35. The van der Waals surface area contributed by atoms with Gasteiger partial charge in [0.25, 0.3) is 11.8 Å². The molecular formula is C25H27ClN2O6. The lowest BCUT2D eigenvalue weighted by Gasteiger charge is -2.26. The minimum atomic E-state index is -0.793. The van der Waals surface area contributed by atoms with Gasteiger partial charge in [0.2, 0.25) is 0 Å². The summed E-state index contributed by atoms with van der Waals surface area (Å²) in [6.45, 7) is 4.99. The Morgan fingerprint density at radius 2 is 1.62 bits per heavy atom. The number of rotatable bonds is 10. The SMILES string of the molecule is CCCOc1ccc(/C=C2\C(=O)NC(=O)N(Cc3ccc(OCCC)c(OC)c3)C2=O)cc1Cl. The summed E-state index contributed by atoms with van der Waals surface area (Å²) >= 11 is 6.26. The Labute approximate surface area is 203 Å². The van der Waals surface area contributed by atoms with Crippen LogP contribution in [0, 0.1) is 0 Å². The van der Waals surface area contributed by atoms with E-state index >= 15 is 0 Å². The van der Waals surface area contributed by atoms with Crippen molar-refractivity contribution >= 4 is 35.5 Å². The highest BCUT2D eigenvalue weighted by Crippen LogP contribution is 2.30. The summed E-state index contributed by atoms with van der Waals surface area (Å²) in [6, 6.07) is 9.32. The molecule has 8 nitrogen and oxygen atoms in total. The molecule has 2 aromatic carbocycles. The van der Waals surface area contributed by atoms with Crippen molar-refractivity contribution in [1.29, 1.82) is 0 Å². The summed E-state index contributed by atoms with van der Waals surface area (Å²) in [5, 5.41) is 2.58. The van der Waals surface area contributed by atoms with Crippen LogP contribution in [-0.4, -0.2) is 43.1 Å². The van der Waals surface area contributed by atoms with Gasteiger partial charge in [0, 0.05) is 0 Å². The minimum absolute atomic E-state index is 0.0513. The van der Waals surface area contributed by atoms with E-state index < -0.39 is 17.8 Å². The van der Waals surface area contributed by atoms with E-state index in [0.717, 1.165) is 17.7 Å². The summed E-state index contributed by atoms with van der Waals surface area (Å²) in [5.74, 6) is 0.0995. The van der Waals surface area contributed by atoms with Crippen LogP contribution in [0.4, 0.5) is 4.79 Å². The number of methoxy groups -OCH3 is 1. The molecule has 1 heterocycles. The van der Waals surface area contributed by atoms with Gasteiger partial charge in [0.1, 0.15) is 11.3 Å². The Morgan fingerprint density at radius 1 is 0.941 bits per heavy atom. The highest BCUT2D eigenvalue weighted by molar-refractivity contribution is 6.33. The predicted molar refractivity (Wildman–Crippen MR) is 128 cm³/mol. The Kier molecular flexibility index (Phi) is 8.54. The predicted octanol–water partition coefficient (Wildman–Crippen LogP) is 4.59. The van der Waals surface area contributed by atoms with Crippen LogP contribution in [0.2, 0.25) is 5.02 Å². The van der Waals surface area contributed by atoms with Crippen molar-refractivity contribution in [2.45, 2.75) is 33.2 Å². The molecule has 0 atom stereocenters. The summed E-state index contributed by atoms with van der Waals surface area (Å²) in [7, 11) is 1.51. The van der Waals surface area contributed by atoms with Gasteiger partial charge in [-0.15, -0.1) is 0 Å². The Balaban J connectivity index is 1.83. The molecule has 34 heavy (non-hydrogen) atoms. The number of imide groups is 2. The number of nitrogens with zero attached hydrogens (tertiary/aromatic N) is 1. The molecule has 0 aliphatic carbocycles. The second-order valence-electron chi connectivity index (χ2n) is 7.58. The number of carbonyl (C=O) groups excluding carboxylic acids is 3. The van der Waals surface area contributed by atoms with Gasteiger partial charge in [-0.2, -0.15) is 0 Å². The summed E-state index contributed by atoms with van der Waals surface area (Å²) in [5.41, 5.74) is 0.992. The lowest BCUT2D eigenvalue weighted by Crippen LogP contribution is -2.53. The molecule has 1 aliphatic rings. The molecule has 0 bridgehead atoms. The number of urea groups is 1. The molecule has 0 unspecified atom stereocenters. The average Bonchev–Trinajstić information content (AvgIpc) is 2.82. The highest BCUT2D eigenvalue weighted by atomic mass is 35.5. The number of barbiturate groups is 1. The molecule has 4 amide bonds. The number of halogens is 1. The topological polar surface area (TPSA) is 94.2 Å². The van der Waals surface area contributed by atoms with Crippen molar-refractivity contribution in [2.75, 3.05) is 20.3 Å². The van der Waals surface area contributed by atoms with Crippen molar-refractivity contribution in [3.8, 4) is 17.2 Å². The largest absolute Gasteiger partial charge is 0.493 e. The fourth-order valence-corrected chi connectivity index (χ4v) is 3.51. The van der Waals surface area contributed by atoms with Gasteiger partial charge < -0.3 is 14.2 Å². The zero-order chi connectivity index (χ0) is 24.7. The average molecular weight is 487 g/mol. The van der Waals surface area contributed by atoms with Gasteiger partial charge in [-0.3, -0.25) is 19.8 Å². The number of benzene rings is 2. The molecule has 0 spiro atoms. The number of hydrogen-bond donors (Lipinski definition) is 1. The van der Waals surface area contributed by atoms with Crippen LogP contribution in [0.3, 0.4) is 0 Å². The third-order valence-corrected chi connectivity index (χ3v) is 5.24. The summed E-state index contributed by atoms with van der Waals surface area (Å²) in [4.78, 5) is 38.9. The lowest BCUT2D eigenvalue weighted by molar-refractivity contribution is -0.130. The molecule has 0 saturated carbocycles. The Hall–Kier alpha value is -3.52. The minimum Gasteiger partial charge on any atom is -0.493 e. The molecule has 1 fully saturated rings. The Bertz CT molecular complexity index is 1110. The molecular weight excluding hydrogens is 460 g/mol. The number of amides is 4. The molecule has 2 aromatic rings. The van der Waals surface area contributed by atoms with Crippen molar-refractivity contribution in [2.24, 2.45) is 0 Å². The van der Waals surface area contributed by atoms with E-state index in [1.165, 1.54) is 13.2 Å². The maximum absolute atomic E-state index is 13.1. The monoisotopic (exact) mass is 486 g/mol. The first-order valence-corrected chi connectivity index (χ1v) is 11.4. The van der Waals surface area contributed by atoms with E-state index in [0.29, 0.717) is 46.6 Å². The third-order valence-electron chi connectivity index (χ3n) is 4.94. The van der Waals surface area contributed by atoms with Crippen LogP contribution in [0.1, 0.15) is 37.8 Å². The maximum Gasteiger partial charge on any atom is 0.331 e. The van der Waals surface area contributed by atoms with Gasteiger partial charge in [-0.05, 0) is 54.3 Å². The maximum atomic E-state index is 13.1. The van der Waals surface area contributed by atoms with Gasteiger partial charge >= 0.3 is 6.03 Å². The molecule has 1 N–H and O–H groups in total. The Morgan fingerprint density at radius 3 is 2.26 bits per heavy atom. The first-order chi connectivity index (χ1) is 16.4. The number of nitrogens with one attached hydrogen (secondary N) is 1. The molecule has 0 aromatic heterocycles. The van der Waals surface area contributed by atoms with Crippen molar-refractivity contribution < 1.29 is 28.6 Å². The van der Waals surface area contributed by atoms with E-state index in [1.54, 1.807) is 36.4 Å². The third kappa shape index (κ3) is 5.88. The number of ether oxygens (including phenoxy) is 3. The standard InChI is InChI=1S/C25H27ClN2O6/c1-4-10-33-20-8-6-16(13-19(20)26)12-18-23(29)27-25(31)28(24(18)30)15-17-7-9-21(34-11-5-2)22(14-17)32-3/h6-9,12-14H,4-5,10-11,15H2,1-3H3,(H,27,29,31)/b18-12+. The lowest BCUT2D eigenvalue weighted by atomic mass is 10.1. The zero-order valence-corrected chi connectivity index (χ0v) is 20.1. The fraction of sp³-hybridized carbons (Fsp3) is 0.320. The van der Waals surface area contributed by atoms with Gasteiger partial charge in [0.05, 0.1) is 31.9 Å². The van der Waals surface area contributed by atoms with E-state index in [4.69, 9.17) is 25.8 Å². The van der Waals surface area contributed by atoms with Crippen LogP contribution in [-0.2, 0) is 16.1 Å². The quantitative estimate of drug-likeness (QED) is 0.390. The molecule has 180 valence electrons. The number of carbonyl (C=O) groups is 3. The first-order valence-electron chi connectivity index (χ1n) is 11.0. The van der Waals surface area contributed by atoms with E-state index in [1.807, 2.05) is 13.8 Å². The summed E-state index contributed by atoms with van der Waals surface area (Å²) < 4.78 is 16.6. The second-order valence-corrected chi connectivity index (χ2v) is 7.99. The van der Waals surface area contributed by atoms with Crippen LogP contribution in [0.5, 0.6) is 17.2 Å². The van der Waals surface area contributed by atoms with E-state index in [9.17, 15) is 14.4 Å². The van der Waals surface area contributed by atoms with Gasteiger partial charge in [-0.1, -0.05) is 37.6 Å². The van der Waals surface area contributed by atoms with Crippen LogP contribution >= 0.6 is 11.6 Å². The van der Waals surface area contributed by atoms with Crippen LogP contribution in [0.25, 0.3) is 6.08 Å². The van der Waals surface area contributed by atoms with Crippen molar-refractivity contribution in [1.82, 2.24) is 10.2 Å². The smallest absolute Gasteiger partial charge is 0.331 e. The van der Waals surface area contributed by atoms with E-state index in [-0.39, 0.29) is 12.1 Å². The van der Waals surface area contributed by atoms with Crippen LogP contribution in [0.15, 0.2) is 42.0 Å².